The molecule has 1 saturated heterocycles. The molecule has 3 N–H and O–H groups in total. The van der Waals surface area contributed by atoms with Crippen LogP contribution < -0.4 is 20.1 Å². The third kappa shape index (κ3) is 7.14. The Morgan fingerprint density at radius 3 is 2.43 bits per heavy atom. The minimum Gasteiger partial charge on any atom is -0.493 e. The van der Waals surface area contributed by atoms with Gasteiger partial charge in [0, 0.05) is 37.0 Å². The number of morpholine rings is 1. The van der Waals surface area contributed by atoms with E-state index in [4.69, 9.17) is 18.7 Å². The van der Waals surface area contributed by atoms with Gasteiger partial charge in [0.05, 0.1) is 31.7 Å². The van der Waals surface area contributed by atoms with Gasteiger partial charge in [-0.25, -0.2) is 4.79 Å². The Bertz CT molecular complexity index is 1560. The molecular formula is C30H33F3N6O5. The van der Waals surface area contributed by atoms with Gasteiger partial charge in [0.2, 0.25) is 0 Å². The van der Waals surface area contributed by atoms with Crippen molar-refractivity contribution in [1.82, 2.24) is 20.3 Å². The maximum atomic E-state index is 13.2. The fourth-order valence-electron chi connectivity index (χ4n) is 4.45. The normalized spacial score (nSPS) is 14.3. The zero-order chi connectivity index (χ0) is 31.3. The van der Waals surface area contributed by atoms with Crippen molar-refractivity contribution in [1.29, 1.82) is 0 Å². The summed E-state index contributed by atoms with van der Waals surface area (Å²) in [6.45, 7) is 6.57. The number of aromatic nitrogens is 3. The van der Waals surface area contributed by atoms with E-state index in [1.54, 1.807) is 31.4 Å². The van der Waals surface area contributed by atoms with Gasteiger partial charge < -0.3 is 24.1 Å². The summed E-state index contributed by atoms with van der Waals surface area (Å²) in [5.74, 6) is 0.710. The highest BCUT2D eigenvalue weighted by Crippen LogP contribution is 2.41. The van der Waals surface area contributed by atoms with Gasteiger partial charge >= 0.3 is 12.2 Å². The number of carbonyl (C=O) groups excluding carboxylic acids is 1. The van der Waals surface area contributed by atoms with Gasteiger partial charge in [-0.05, 0) is 55.8 Å². The highest BCUT2D eigenvalue weighted by atomic mass is 19.4. The summed E-state index contributed by atoms with van der Waals surface area (Å²) in [4.78, 5) is 14.7. The van der Waals surface area contributed by atoms with Crippen molar-refractivity contribution in [2.24, 2.45) is 0 Å². The van der Waals surface area contributed by atoms with Crippen LogP contribution in [0.2, 0.25) is 0 Å². The zero-order valence-corrected chi connectivity index (χ0v) is 24.5. The first-order chi connectivity index (χ1) is 21.0. The summed E-state index contributed by atoms with van der Waals surface area (Å²) in [5.41, 5.74) is 1.32. The van der Waals surface area contributed by atoms with Crippen LogP contribution in [0.5, 0.6) is 11.5 Å². The average Bonchev–Trinajstić information content (AvgIpc) is 3.69. The monoisotopic (exact) mass is 614 g/mol. The Morgan fingerprint density at radius 1 is 1.00 bits per heavy atom. The smallest absolute Gasteiger partial charge is 0.401 e. The Balaban J connectivity index is 1.17. The Morgan fingerprint density at radius 2 is 1.73 bits per heavy atom. The molecule has 14 heteroatoms. The molecule has 0 bridgehead atoms. The second-order valence-electron chi connectivity index (χ2n) is 10.7. The molecule has 5 rings (SSSR count). The number of nitrogens with one attached hydrogen (secondary N) is 3. The summed E-state index contributed by atoms with van der Waals surface area (Å²) in [6, 6.07) is 14.9. The molecule has 44 heavy (non-hydrogen) atoms. The van der Waals surface area contributed by atoms with Crippen molar-refractivity contribution < 1.29 is 36.7 Å². The lowest BCUT2D eigenvalue weighted by atomic mass is 9.89. The zero-order valence-electron chi connectivity index (χ0n) is 24.5. The first-order valence-electron chi connectivity index (χ1n) is 13.9. The lowest BCUT2D eigenvalue weighted by molar-refractivity contribution is -0.185. The number of hydrogen-bond acceptors (Lipinski definition) is 8. The number of benzene rings is 2. The molecule has 2 amide bonds. The molecule has 0 radical (unpaired) electrons. The molecule has 1 aliphatic heterocycles. The molecule has 3 heterocycles. The maximum Gasteiger partial charge on any atom is 0.401 e. The summed E-state index contributed by atoms with van der Waals surface area (Å²) in [7, 11) is 1.59. The molecule has 0 aliphatic carbocycles. The number of methoxy groups -OCH3 is 1. The predicted molar refractivity (Wildman–Crippen MR) is 157 cm³/mol. The van der Waals surface area contributed by atoms with Crippen LogP contribution in [-0.2, 0) is 10.2 Å². The number of carbonyl (C=O) groups is 1. The molecule has 1 aliphatic rings. The van der Waals surface area contributed by atoms with E-state index >= 15 is 0 Å². The first kappa shape index (κ1) is 30.9. The fourth-order valence-corrected chi connectivity index (χ4v) is 4.45. The molecule has 0 saturated carbocycles. The van der Waals surface area contributed by atoms with Gasteiger partial charge in [-0.2, -0.15) is 18.3 Å². The quantitative estimate of drug-likeness (QED) is 0.201. The lowest BCUT2D eigenvalue weighted by Gasteiger charge is -2.26. The number of H-pyrrole nitrogens is 1. The van der Waals surface area contributed by atoms with Gasteiger partial charge in [0.1, 0.15) is 12.0 Å². The van der Waals surface area contributed by atoms with Crippen molar-refractivity contribution in [2.75, 3.05) is 57.2 Å². The highest BCUT2D eigenvalue weighted by Gasteiger charge is 2.51. The van der Waals surface area contributed by atoms with E-state index < -0.39 is 23.4 Å². The minimum absolute atomic E-state index is 0.138. The van der Waals surface area contributed by atoms with Gasteiger partial charge in [-0.1, -0.05) is 17.3 Å². The number of aromatic amines is 1. The van der Waals surface area contributed by atoms with E-state index in [0.29, 0.717) is 29.5 Å². The van der Waals surface area contributed by atoms with E-state index in [9.17, 15) is 18.0 Å². The fraction of sp³-hybridized carbons (Fsp3) is 0.367. The molecule has 4 aromatic rings. The van der Waals surface area contributed by atoms with Crippen LogP contribution in [0.1, 0.15) is 19.6 Å². The summed E-state index contributed by atoms with van der Waals surface area (Å²) >= 11 is 0. The third-order valence-corrected chi connectivity index (χ3v) is 7.34. The van der Waals surface area contributed by atoms with Gasteiger partial charge in [-0.3, -0.25) is 15.3 Å². The van der Waals surface area contributed by atoms with Gasteiger partial charge in [0.15, 0.2) is 23.1 Å². The third-order valence-electron chi connectivity index (χ3n) is 7.34. The molecule has 0 unspecified atom stereocenters. The van der Waals surface area contributed by atoms with E-state index in [1.165, 1.54) is 0 Å². The number of anilines is 2. The molecular weight excluding hydrogens is 581 g/mol. The number of rotatable bonds is 10. The number of nitrogens with zero attached hydrogens (tertiary/aromatic N) is 3. The molecule has 234 valence electrons. The van der Waals surface area contributed by atoms with E-state index in [-0.39, 0.29) is 5.82 Å². The summed E-state index contributed by atoms with van der Waals surface area (Å²) < 4.78 is 61.5. The van der Waals surface area contributed by atoms with E-state index in [2.05, 4.69) is 30.9 Å². The van der Waals surface area contributed by atoms with Crippen LogP contribution in [0.15, 0.2) is 59.1 Å². The molecule has 2 aromatic heterocycles. The molecule has 11 nitrogen and oxygen atoms in total. The number of halogens is 3. The summed E-state index contributed by atoms with van der Waals surface area (Å²) in [6.07, 6.45) is -4.54. The van der Waals surface area contributed by atoms with Crippen LogP contribution >= 0.6 is 0 Å². The maximum absolute atomic E-state index is 13.2. The number of amides is 2. The summed E-state index contributed by atoms with van der Waals surface area (Å²) in [5, 5.41) is 16.0. The second-order valence-corrected chi connectivity index (χ2v) is 10.7. The Labute approximate surface area is 251 Å². The van der Waals surface area contributed by atoms with Crippen LogP contribution in [0, 0.1) is 0 Å². The van der Waals surface area contributed by atoms with Crippen molar-refractivity contribution in [2.45, 2.75) is 25.4 Å². The van der Waals surface area contributed by atoms with Crippen molar-refractivity contribution >= 4 is 17.5 Å². The van der Waals surface area contributed by atoms with E-state index in [1.807, 2.05) is 24.3 Å². The topological polar surface area (TPSA) is 127 Å². The standard InChI is InChI=1S/C30H33F3N6O5/c1-29(2,30(31,32)33)26-18-27(38-44-26)35-28(40)34-21-7-4-19(5-8-21)22-17-23(37-36-22)20-6-9-24(25(16-20)41-3)43-15-12-39-10-13-42-14-11-39/h4-9,16-18H,10-15H2,1-3H3,(H,36,37)(H2,34,35,38,40). The SMILES string of the molecule is COc1cc(-c2cc(-c3ccc(NC(=O)Nc4cc(C(C)(C)C(F)(F)F)on4)cc3)[nH]n2)ccc1OCCN1CCOCC1. The number of urea groups is 1. The highest BCUT2D eigenvalue weighted by molar-refractivity contribution is 5.99. The van der Waals surface area contributed by atoms with Crippen LogP contribution in [0.25, 0.3) is 22.5 Å². The lowest BCUT2D eigenvalue weighted by Crippen LogP contribution is -2.38. The Kier molecular flexibility index (Phi) is 9.11. The van der Waals surface area contributed by atoms with Gasteiger partial charge in [-0.15, -0.1) is 0 Å². The van der Waals surface area contributed by atoms with Crippen LogP contribution in [-0.4, -0.2) is 79.0 Å². The number of hydrogen-bond donors (Lipinski definition) is 3. The van der Waals surface area contributed by atoms with Crippen molar-refractivity contribution in [3.8, 4) is 34.0 Å². The van der Waals surface area contributed by atoms with Crippen LogP contribution in [0.4, 0.5) is 29.5 Å². The minimum atomic E-state index is -4.54. The molecule has 0 spiro atoms. The van der Waals surface area contributed by atoms with Crippen molar-refractivity contribution in [3.05, 3.63) is 60.4 Å². The molecule has 0 atom stereocenters. The number of ether oxygens (including phenoxy) is 3. The number of alkyl halides is 3. The first-order valence-corrected chi connectivity index (χ1v) is 13.9. The Hall–Kier alpha value is -4.56. The second kappa shape index (κ2) is 13.0. The van der Waals surface area contributed by atoms with Crippen molar-refractivity contribution in [3.63, 3.8) is 0 Å². The molecule has 2 aromatic carbocycles. The average molecular weight is 615 g/mol. The van der Waals surface area contributed by atoms with Crippen LogP contribution in [0.3, 0.4) is 0 Å². The molecule has 1 fully saturated rings. The largest absolute Gasteiger partial charge is 0.493 e. The predicted octanol–water partition coefficient (Wildman–Crippen LogP) is 5.94. The van der Waals surface area contributed by atoms with E-state index in [0.717, 1.165) is 69.6 Å². The van der Waals surface area contributed by atoms with Gasteiger partial charge in [0.25, 0.3) is 0 Å².